The second kappa shape index (κ2) is 2.14. The number of allylic oxidation sites excluding steroid dienone is 2. The third-order valence-electron chi connectivity index (χ3n) is 2.19. The minimum absolute atomic E-state index is 0.634. The SMILES string of the molecule is C1=CCC([C@H]2CO2)CC1. The molecule has 0 aromatic rings. The van der Waals surface area contributed by atoms with Crippen LogP contribution in [-0.4, -0.2) is 12.7 Å². The number of epoxide rings is 1. The fourth-order valence-corrected chi connectivity index (χ4v) is 1.48. The molecule has 1 aliphatic carbocycles. The highest BCUT2D eigenvalue weighted by Gasteiger charge is 2.31. The molecule has 0 saturated carbocycles. The van der Waals surface area contributed by atoms with Crippen LogP contribution in [0, 0.1) is 5.92 Å². The van der Waals surface area contributed by atoms with E-state index in [1.54, 1.807) is 0 Å². The quantitative estimate of drug-likeness (QED) is 0.383. The van der Waals surface area contributed by atoms with Crippen molar-refractivity contribution < 1.29 is 4.74 Å². The Morgan fingerprint density at radius 1 is 1.33 bits per heavy atom. The van der Waals surface area contributed by atoms with Crippen molar-refractivity contribution in [1.29, 1.82) is 0 Å². The molecule has 9 heavy (non-hydrogen) atoms. The van der Waals surface area contributed by atoms with Gasteiger partial charge in [0.25, 0.3) is 0 Å². The Balaban J connectivity index is 1.89. The lowest BCUT2D eigenvalue weighted by Gasteiger charge is -2.13. The van der Waals surface area contributed by atoms with Crippen molar-refractivity contribution in [3.05, 3.63) is 12.2 Å². The molecule has 0 bridgehead atoms. The van der Waals surface area contributed by atoms with Crippen LogP contribution in [0.5, 0.6) is 0 Å². The van der Waals surface area contributed by atoms with Gasteiger partial charge in [-0.1, -0.05) is 12.2 Å². The largest absolute Gasteiger partial charge is 0.373 e. The van der Waals surface area contributed by atoms with Gasteiger partial charge in [0.2, 0.25) is 0 Å². The number of hydrogen-bond donors (Lipinski definition) is 0. The summed E-state index contributed by atoms with van der Waals surface area (Å²) in [5.41, 5.74) is 0. The first-order chi connectivity index (χ1) is 4.47. The topological polar surface area (TPSA) is 12.5 Å². The van der Waals surface area contributed by atoms with E-state index in [0.717, 1.165) is 12.5 Å². The highest BCUT2D eigenvalue weighted by Crippen LogP contribution is 2.29. The van der Waals surface area contributed by atoms with Crippen LogP contribution in [0.15, 0.2) is 12.2 Å². The summed E-state index contributed by atoms with van der Waals surface area (Å²) in [6.45, 7) is 1.03. The highest BCUT2D eigenvalue weighted by atomic mass is 16.6. The molecule has 1 saturated heterocycles. The molecule has 0 radical (unpaired) electrons. The minimum atomic E-state index is 0.634. The molecule has 1 aliphatic heterocycles. The van der Waals surface area contributed by atoms with Crippen molar-refractivity contribution in [1.82, 2.24) is 0 Å². The molecule has 1 unspecified atom stereocenters. The van der Waals surface area contributed by atoms with E-state index in [9.17, 15) is 0 Å². The predicted octanol–water partition coefficient (Wildman–Crippen LogP) is 1.74. The van der Waals surface area contributed by atoms with E-state index >= 15 is 0 Å². The van der Waals surface area contributed by atoms with Crippen molar-refractivity contribution in [2.45, 2.75) is 25.4 Å². The molecular formula is C8H12O. The predicted molar refractivity (Wildman–Crippen MR) is 36.2 cm³/mol. The lowest BCUT2D eigenvalue weighted by atomic mass is 9.92. The molecule has 0 N–H and O–H groups in total. The standard InChI is InChI=1S/C8H12O/c1-2-4-7(5-3-1)8-6-9-8/h1-2,7-8H,3-6H2/t7?,8-/m1/s1. The van der Waals surface area contributed by atoms with E-state index < -0.39 is 0 Å². The zero-order valence-electron chi connectivity index (χ0n) is 5.55. The fraction of sp³-hybridized carbons (Fsp3) is 0.750. The summed E-state index contributed by atoms with van der Waals surface area (Å²) in [5.74, 6) is 0.856. The van der Waals surface area contributed by atoms with Crippen molar-refractivity contribution in [3.8, 4) is 0 Å². The molecule has 2 atom stereocenters. The summed E-state index contributed by atoms with van der Waals surface area (Å²) in [6, 6.07) is 0. The van der Waals surface area contributed by atoms with Crippen LogP contribution in [0.4, 0.5) is 0 Å². The van der Waals surface area contributed by atoms with Gasteiger partial charge in [0.15, 0.2) is 0 Å². The number of rotatable bonds is 1. The highest BCUT2D eigenvalue weighted by molar-refractivity contribution is 4.94. The fourth-order valence-electron chi connectivity index (χ4n) is 1.48. The smallest absolute Gasteiger partial charge is 0.0841 e. The molecule has 1 nitrogen and oxygen atoms in total. The number of hydrogen-bond acceptors (Lipinski definition) is 1. The molecule has 2 rings (SSSR count). The summed E-state index contributed by atoms with van der Waals surface area (Å²) in [6.07, 6.45) is 9.07. The van der Waals surface area contributed by atoms with Crippen LogP contribution in [0.3, 0.4) is 0 Å². The third kappa shape index (κ3) is 1.16. The van der Waals surface area contributed by atoms with E-state index in [4.69, 9.17) is 4.74 Å². The van der Waals surface area contributed by atoms with Gasteiger partial charge in [0.05, 0.1) is 12.7 Å². The van der Waals surface area contributed by atoms with Crippen molar-refractivity contribution in [3.63, 3.8) is 0 Å². The Hall–Kier alpha value is -0.300. The van der Waals surface area contributed by atoms with Gasteiger partial charge in [-0.15, -0.1) is 0 Å². The normalized spacial score (nSPS) is 40.9. The summed E-state index contributed by atoms with van der Waals surface area (Å²) >= 11 is 0. The third-order valence-corrected chi connectivity index (χ3v) is 2.19. The first kappa shape index (κ1) is 5.48. The van der Waals surface area contributed by atoms with Gasteiger partial charge in [0, 0.05) is 0 Å². The summed E-state index contributed by atoms with van der Waals surface area (Å²) in [5, 5.41) is 0. The number of ether oxygens (including phenoxy) is 1. The van der Waals surface area contributed by atoms with Gasteiger partial charge in [-0.25, -0.2) is 0 Å². The molecule has 0 aromatic carbocycles. The molecule has 0 amide bonds. The van der Waals surface area contributed by atoms with Crippen LogP contribution >= 0.6 is 0 Å². The minimum Gasteiger partial charge on any atom is -0.373 e. The average molecular weight is 124 g/mol. The monoisotopic (exact) mass is 124 g/mol. The van der Waals surface area contributed by atoms with Gasteiger partial charge in [0.1, 0.15) is 0 Å². The van der Waals surface area contributed by atoms with E-state index in [0.29, 0.717) is 6.10 Å². The van der Waals surface area contributed by atoms with Gasteiger partial charge < -0.3 is 4.74 Å². The summed E-state index contributed by atoms with van der Waals surface area (Å²) < 4.78 is 5.21. The first-order valence-corrected chi connectivity index (χ1v) is 3.73. The molecule has 1 heteroatoms. The second-order valence-corrected chi connectivity index (χ2v) is 2.92. The van der Waals surface area contributed by atoms with Gasteiger partial charge >= 0.3 is 0 Å². The van der Waals surface area contributed by atoms with Crippen molar-refractivity contribution in [2.75, 3.05) is 6.61 Å². The Labute approximate surface area is 55.7 Å². The summed E-state index contributed by atoms with van der Waals surface area (Å²) in [4.78, 5) is 0. The second-order valence-electron chi connectivity index (χ2n) is 2.92. The molecule has 1 fully saturated rings. The zero-order chi connectivity index (χ0) is 6.10. The molecule has 1 heterocycles. The molecule has 50 valence electrons. The van der Waals surface area contributed by atoms with E-state index in [-0.39, 0.29) is 0 Å². The maximum atomic E-state index is 5.21. The molecule has 2 aliphatic rings. The van der Waals surface area contributed by atoms with E-state index in [1.165, 1.54) is 19.3 Å². The van der Waals surface area contributed by atoms with Crippen LogP contribution in [0.2, 0.25) is 0 Å². The van der Waals surface area contributed by atoms with Crippen LogP contribution in [0.25, 0.3) is 0 Å². The summed E-state index contributed by atoms with van der Waals surface area (Å²) in [7, 11) is 0. The van der Waals surface area contributed by atoms with E-state index in [2.05, 4.69) is 12.2 Å². The van der Waals surface area contributed by atoms with Gasteiger partial charge in [-0.3, -0.25) is 0 Å². The molecule has 0 aromatic heterocycles. The average Bonchev–Trinajstić information content (AvgIpc) is 2.71. The van der Waals surface area contributed by atoms with Crippen LogP contribution < -0.4 is 0 Å². The lowest BCUT2D eigenvalue weighted by molar-refractivity contribution is 0.313. The Morgan fingerprint density at radius 2 is 2.22 bits per heavy atom. The van der Waals surface area contributed by atoms with Crippen LogP contribution in [-0.2, 0) is 4.74 Å². The van der Waals surface area contributed by atoms with Gasteiger partial charge in [-0.2, -0.15) is 0 Å². The van der Waals surface area contributed by atoms with Crippen LogP contribution in [0.1, 0.15) is 19.3 Å². The maximum absolute atomic E-state index is 5.21. The van der Waals surface area contributed by atoms with E-state index in [1.807, 2.05) is 0 Å². The molecule has 0 spiro atoms. The lowest BCUT2D eigenvalue weighted by Crippen LogP contribution is -2.08. The first-order valence-electron chi connectivity index (χ1n) is 3.73. The van der Waals surface area contributed by atoms with Gasteiger partial charge in [-0.05, 0) is 25.2 Å². The maximum Gasteiger partial charge on any atom is 0.0841 e. The molecular weight excluding hydrogens is 112 g/mol. The Kier molecular flexibility index (Phi) is 1.31. The Morgan fingerprint density at radius 3 is 2.78 bits per heavy atom. The van der Waals surface area contributed by atoms with Crippen molar-refractivity contribution in [2.24, 2.45) is 5.92 Å². The Bertz CT molecular complexity index is 125. The van der Waals surface area contributed by atoms with Crippen molar-refractivity contribution >= 4 is 0 Å². The zero-order valence-corrected chi connectivity index (χ0v) is 5.55.